The molecule has 1 aromatic heterocycles. The minimum atomic E-state index is -0.494. The summed E-state index contributed by atoms with van der Waals surface area (Å²) in [5.74, 6) is -0.809. The Kier molecular flexibility index (Phi) is 3.66. The minimum Gasteiger partial charge on any atom is -0.464 e. The van der Waals surface area contributed by atoms with Crippen LogP contribution in [0.1, 0.15) is 11.9 Å². The van der Waals surface area contributed by atoms with E-state index in [0.29, 0.717) is 5.69 Å². The third-order valence-electron chi connectivity index (χ3n) is 2.35. The molecule has 6 heteroatoms. The summed E-state index contributed by atoms with van der Waals surface area (Å²) in [7, 11) is 1.30. The Morgan fingerprint density at radius 1 is 1.44 bits per heavy atom. The second-order valence-corrected chi connectivity index (χ2v) is 4.28. The van der Waals surface area contributed by atoms with Crippen molar-refractivity contribution in [3.63, 3.8) is 0 Å². The van der Waals surface area contributed by atoms with Crippen LogP contribution in [0, 0.1) is 5.82 Å². The van der Waals surface area contributed by atoms with E-state index >= 15 is 0 Å². The number of benzene rings is 1. The van der Waals surface area contributed by atoms with Crippen molar-refractivity contribution in [1.82, 2.24) is 9.78 Å². The summed E-state index contributed by atoms with van der Waals surface area (Å²) in [5, 5.41) is 4.93. The van der Waals surface area contributed by atoms with Gasteiger partial charge in [-0.05, 0) is 30.5 Å². The molecule has 0 unspecified atom stereocenters. The van der Waals surface area contributed by atoms with Gasteiger partial charge >= 0.3 is 5.97 Å². The number of thioether (sulfide) groups is 1. The van der Waals surface area contributed by atoms with E-state index in [2.05, 4.69) is 9.84 Å². The first kappa shape index (κ1) is 12.6. The van der Waals surface area contributed by atoms with Crippen molar-refractivity contribution in [2.24, 2.45) is 0 Å². The van der Waals surface area contributed by atoms with Crippen LogP contribution in [-0.2, 0) is 4.74 Å². The summed E-state index contributed by atoms with van der Waals surface area (Å²) in [4.78, 5) is 11.4. The lowest BCUT2D eigenvalue weighted by Gasteiger charge is -2.04. The highest BCUT2D eigenvalue weighted by Gasteiger charge is 2.15. The first-order chi connectivity index (χ1) is 8.65. The maximum absolute atomic E-state index is 12.9. The van der Waals surface area contributed by atoms with Gasteiger partial charge in [0.2, 0.25) is 0 Å². The van der Waals surface area contributed by atoms with E-state index in [1.165, 1.54) is 31.0 Å². The molecule has 1 aromatic carbocycles. The fourth-order valence-corrected chi connectivity index (χ4v) is 2.03. The maximum Gasteiger partial charge on any atom is 0.358 e. The molecule has 1 heterocycles. The summed E-state index contributed by atoms with van der Waals surface area (Å²) in [6, 6.07) is 7.53. The van der Waals surface area contributed by atoms with Crippen LogP contribution >= 0.6 is 11.8 Å². The van der Waals surface area contributed by atoms with Gasteiger partial charge in [0.1, 0.15) is 10.8 Å². The Hall–Kier alpha value is -1.82. The molecule has 18 heavy (non-hydrogen) atoms. The topological polar surface area (TPSA) is 44.1 Å². The Morgan fingerprint density at radius 3 is 2.67 bits per heavy atom. The van der Waals surface area contributed by atoms with Crippen LogP contribution < -0.4 is 0 Å². The van der Waals surface area contributed by atoms with Crippen LogP contribution in [-0.4, -0.2) is 29.1 Å². The summed E-state index contributed by atoms with van der Waals surface area (Å²) >= 11 is 1.44. The Labute approximate surface area is 109 Å². The summed E-state index contributed by atoms with van der Waals surface area (Å²) < 4.78 is 19.1. The number of carbonyl (C=O) groups excluding carboxylic acids is 1. The molecule has 2 aromatic rings. The van der Waals surface area contributed by atoms with Crippen LogP contribution in [0.5, 0.6) is 0 Å². The van der Waals surface area contributed by atoms with E-state index in [9.17, 15) is 9.18 Å². The van der Waals surface area contributed by atoms with E-state index in [0.717, 1.165) is 5.03 Å². The third kappa shape index (κ3) is 2.38. The van der Waals surface area contributed by atoms with Gasteiger partial charge in [-0.3, -0.25) is 0 Å². The predicted octanol–water partition coefficient (Wildman–Crippen LogP) is 2.77. The Morgan fingerprint density at radius 2 is 2.11 bits per heavy atom. The van der Waals surface area contributed by atoms with Gasteiger partial charge < -0.3 is 4.74 Å². The second-order valence-electron chi connectivity index (χ2n) is 3.45. The van der Waals surface area contributed by atoms with Crippen molar-refractivity contribution in [1.29, 1.82) is 0 Å². The van der Waals surface area contributed by atoms with Gasteiger partial charge in [-0.2, -0.15) is 5.10 Å². The molecule has 0 atom stereocenters. The van der Waals surface area contributed by atoms with E-state index in [1.807, 2.05) is 6.26 Å². The lowest BCUT2D eigenvalue weighted by Crippen LogP contribution is -2.04. The lowest BCUT2D eigenvalue weighted by atomic mass is 10.3. The SMILES string of the molecule is COC(=O)c1cc(SC)n(-c2ccc(F)cc2)n1.[HH]. The van der Waals surface area contributed by atoms with Crippen molar-refractivity contribution in [3.8, 4) is 5.69 Å². The molecule has 0 aliphatic heterocycles. The summed E-state index contributed by atoms with van der Waals surface area (Å²) in [6.07, 6.45) is 1.87. The molecule has 0 fully saturated rings. The molecule has 0 N–H and O–H groups in total. The van der Waals surface area contributed by atoms with Crippen molar-refractivity contribution >= 4 is 17.7 Å². The number of methoxy groups -OCH3 is 1. The standard InChI is InChI=1S/C12H11FN2O2S.H2/c1-17-12(16)10-7-11(18-2)15(14-10)9-5-3-8(13)4-6-9;/h3-7H,1-2H3;1H. The van der Waals surface area contributed by atoms with Gasteiger partial charge in [0.15, 0.2) is 5.69 Å². The number of halogens is 1. The molecule has 0 saturated carbocycles. The molecular formula is C12H13FN2O2S. The number of esters is 1. The molecule has 0 saturated heterocycles. The van der Waals surface area contributed by atoms with Crippen LogP contribution in [0.4, 0.5) is 4.39 Å². The number of ether oxygens (including phenoxy) is 1. The molecule has 2 rings (SSSR count). The summed E-state index contributed by atoms with van der Waals surface area (Å²) in [5.41, 5.74) is 0.919. The van der Waals surface area contributed by atoms with Crippen molar-refractivity contribution in [2.75, 3.05) is 13.4 Å². The van der Waals surface area contributed by atoms with Gasteiger partial charge in [-0.15, -0.1) is 11.8 Å². The van der Waals surface area contributed by atoms with Gasteiger partial charge in [0.05, 0.1) is 12.8 Å². The zero-order valence-corrected chi connectivity index (χ0v) is 10.7. The molecule has 0 aliphatic carbocycles. The summed E-state index contributed by atoms with van der Waals surface area (Å²) in [6.45, 7) is 0. The molecule has 0 aliphatic rings. The van der Waals surface area contributed by atoms with Crippen LogP contribution in [0.2, 0.25) is 0 Å². The smallest absolute Gasteiger partial charge is 0.358 e. The van der Waals surface area contributed by atoms with Crippen molar-refractivity contribution in [2.45, 2.75) is 5.03 Å². The van der Waals surface area contributed by atoms with E-state index in [1.54, 1.807) is 22.9 Å². The Bertz CT molecular complexity index is 572. The number of hydrogen-bond acceptors (Lipinski definition) is 4. The second kappa shape index (κ2) is 5.22. The predicted molar refractivity (Wildman–Crippen MR) is 68.8 cm³/mol. The lowest BCUT2D eigenvalue weighted by molar-refractivity contribution is 0.0593. The largest absolute Gasteiger partial charge is 0.464 e. The van der Waals surface area contributed by atoms with Gasteiger partial charge in [0, 0.05) is 7.49 Å². The molecule has 96 valence electrons. The molecular weight excluding hydrogens is 255 g/mol. The van der Waals surface area contributed by atoms with Crippen LogP contribution in [0.15, 0.2) is 35.4 Å². The van der Waals surface area contributed by atoms with Gasteiger partial charge in [-0.1, -0.05) is 0 Å². The highest BCUT2D eigenvalue weighted by Crippen LogP contribution is 2.21. The zero-order chi connectivity index (χ0) is 13.1. The molecule has 0 bridgehead atoms. The highest BCUT2D eigenvalue weighted by molar-refractivity contribution is 7.98. The normalized spacial score (nSPS) is 10.4. The van der Waals surface area contributed by atoms with E-state index in [4.69, 9.17) is 0 Å². The van der Waals surface area contributed by atoms with E-state index < -0.39 is 5.97 Å². The Balaban J connectivity index is 0.00000180. The minimum absolute atomic E-state index is 0. The number of hydrogen-bond donors (Lipinski definition) is 0. The molecule has 0 amide bonds. The number of nitrogens with zero attached hydrogens (tertiary/aromatic N) is 2. The monoisotopic (exact) mass is 268 g/mol. The van der Waals surface area contributed by atoms with Gasteiger partial charge in [0.25, 0.3) is 0 Å². The quantitative estimate of drug-likeness (QED) is 0.634. The van der Waals surface area contributed by atoms with Crippen LogP contribution in [0.25, 0.3) is 5.69 Å². The van der Waals surface area contributed by atoms with Crippen LogP contribution in [0.3, 0.4) is 0 Å². The first-order valence-corrected chi connectivity index (χ1v) is 6.36. The fraction of sp³-hybridized carbons (Fsp3) is 0.167. The highest BCUT2D eigenvalue weighted by atomic mass is 32.2. The number of carbonyl (C=O) groups is 1. The van der Waals surface area contributed by atoms with E-state index in [-0.39, 0.29) is 12.9 Å². The maximum atomic E-state index is 12.9. The zero-order valence-electron chi connectivity index (χ0n) is 9.88. The van der Waals surface area contributed by atoms with Crippen molar-refractivity contribution < 1.29 is 15.3 Å². The average Bonchev–Trinajstić information content (AvgIpc) is 2.83. The molecule has 4 nitrogen and oxygen atoms in total. The van der Waals surface area contributed by atoms with Crippen molar-refractivity contribution in [3.05, 3.63) is 41.8 Å². The number of aromatic nitrogens is 2. The first-order valence-electron chi connectivity index (χ1n) is 5.14. The average molecular weight is 268 g/mol. The fourth-order valence-electron chi connectivity index (χ4n) is 1.48. The molecule has 0 spiro atoms. The van der Waals surface area contributed by atoms with Gasteiger partial charge in [-0.25, -0.2) is 13.9 Å². The molecule has 0 radical (unpaired) electrons. The third-order valence-corrected chi connectivity index (χ3v) is 3.06. The number of rotatable bonds is 3.